The molecule has 8 heteroatoms. The SMILES string of the molecule is CCCN(CCC)C(=O)c1cccc(C(=O)N[C@@H](Cc2ccccc2)[C@@H](N)CC(C)c2nncn2CC(C)C)c1. The average Bonchev–Trinajstić information content (AvgIpc) is 3.40. The van der Waals surface area contributed by atoms with E-state index in [1.165, 1.54) is 0 Å². The van der Waals surface area contributed by atoms with Crippen molar-refractivity contribution >= 4 is 11.8 Å². The van der Waals surface area contributed by atoms with Crippen molar-refractivity contribution < 1.29 is 9.59 Å². The zero-order valence-corrected chi connectivity index (χ0v) is 24.7. The van der Waals surface area contributed by atoms with Crippen LogP contribution >= 0.6 is 0 Å². The molecule has 3 atom stereocenters. The van der Waals surface area contributed by atoms with Gasteiger partial charge in [0.15, 0.2) is 0 Å². The van der Waals surface area contributed by atoms with Crippen molar-refractivity contribution in [3.63, 3.8) is 0 Å². The fraction of sp³-hybridized carbons (Fsp3) is 0.500. The Hall–Kier alpha value is -3.52. The fourth-order valence-corrected chi connectivity index (χ4v) is 5.12. The summed E-state index contributed by atoms with van der Waals surface area (Å²) in [5.74, 6) is 1.16. The summed E-state index contributed by atoms with van der Waals surface area (Å²) in [5, 5.41) is 11.7. The van der Waals surface area contributed by atoms with E-state index in [0.29, 0.717) is 43.0 Å². The molecule has 0 bridgehead atoms. The summed E-state index contributed by atoms with van der Waals surface area (Å²) in [6.45, 7) is 12.8. The number of hydrogen-bond acceptors (Lipinski definition) is 5. The van der Waals surface area contributed by atoms with Gasteiger partial charge in [0.05, 0.1) is 0 Å². The molecule has 0 spiro atoms. The van der Waals surface area contributed by atoms with E-state index in [2.05, 4.69) is 54.7 Å². The number of aromatic nitrogens is 3. The van der Waals surface area contributed by atoms with Crippen molar-refractivity contribution in [1.82, 2.24) is 25.0 Å². The smallest absolute Gasteiger partial charge is 0.253 e. The number of benzene rings is 2. The van der Waals surface area contributed by atoms with Gasteiger partial charge in [-0.15, -0.1) is 10.2 Å². The standard InChI is InChI=1S/C32H46N6O2/c1-6-16-37(17-7-2)32(40)27-15-11-14-26(20-27)31(39)35-29(19-25-12-9-8-10-13-25)28(33)18-24(5)30-36-34-22-38(30)21-23(3)4/h8-15,20,22-24,28-29H,6-7,16-19,21,33H2,1-5H3,(H,35,39)/t24?,28-,29-/m0/s1. The quantitative estimate of drug-likeness (QED) is 0.277. The molecule has 0 aliphatic rings. The minimum Gasteiger partial charge on any atom is -0.347 e. The van der Waals surface area contributed by atoms with Crippen LogP contribution in [-0.2, 0) is 13.0 Å². The minimum atomic E-state index is -0.322. The Bertz CT molecular complexity index is 1200. The van der Waals surface area contributed by atoms with Gasteiger partial charge in [-0.3, -0.25) is 9.59 Å². The molecule has 1 unspecified atom stereocenters. The van der Waals surface area contributed by atoms with Crippen LogP contribution < -0.4 is 11.1 Å². The van der Waals surface area contributed by atoms with E-state index in [1.807, 2.05) is 35.2 Å². The Balaban J connectivity index is 1.79. The third kappa shape index (κ3) is 8.74. The molecule has 3 N–H and O–H groups in total. The Kier molecular flexibility index (Phi) is 11.9. The maximum absolute atomic E-state index is 13.5. The highest BCUT2D eigenvalue weighted by atomic mass is 16.2. The lowest BCUT2D eigenvalue weighted by atomic mass is 9.91. The predicted molar refractivity (Wildman–Crippen MR) is 160 cm³/mol. The minimum absolute atomic E-state index is 0.0461. The van der Waals surface area contributed by atoms with Crippen molar-refractivity contribution in [3.8, 4) is 0 Å². The summed E-state index contributed by atoms with van der Waals surface area (Å²) in [6.07, 6.45) is 4.78. The zero-order valence-electron chi connectivity index (χ0n) is 24.7. The van der Waals surface area contributed by atoms with E-state index in [-0.39, 0.29) is 29.8 Å². The predicted octanol–water partition coefficient (Wildman–Crippen LogP) is 5.06. The van der Waals surface area contributed by atoms with Gasteiger partial charge in [0, 0.05) is 48.8 Å². The highest BCUT2D eigenvalue weighted by molar-refractivity contribution is 5.99. The number of carbonyl (C=O) groups is 2. The van der Waals surface area contributed by atoms with E-state index in [9.17, 15) is 9.59 Å². The van der Waals surface area contributed by atoms with Crippen LogP contribution in [0.25, 0.3) is 0 Å². The molecule has 3 aromatic rings. The maximum Gasteiger partial charge on any atom is 0.253 e. The molecule has 2 aromatic carbocycles. The van der Waals surface area contributed by atoms with E-state index in [1.54, 1.807) is 30.6 Å². The van der Waals surface area contributed by atoms with Gasteiger partial charge in [-0.2, -0.15) is 0 Å². The first kappa shape index (κ1) is 31.0. The van der Waals surface area contributed by atoms with Gasteiger partial charge in [0.25, 0.3) is 11.8 Å². The van der Waals surface area contributed by atoms with E-state index >= 15 is 0 Å². The molecular formula is C32H46N6O2. The molecule has 0 saturated carbocycles. The maximum atomic E-state index is 13.5. The number of nitrogens with one attached hydrogen (secondary N) is 1. The summed E-state index contributed by atoms with van der Waals surface area (Å²) in [6, 6.07) is 16.4. The Morgan fingerprint density at radius 2 is 1.65 bits per heavy atom. The van der Waals surface area contributed by atoms with E-state index < -0.39 is 0 Å². The number of nitrogens with two attached hydrogens (primary N) is 1. The molecule has 0 saturated heterocycles. The van der Waals surface area contributed by atoms with Crippen molar-refractivity contribution in [3.05, 3.63) is 83.4 Å². The lowest BCUT2D eigenvalue weighted by Gasteiger charge is -2.28. The summed E-state index contributed by atoms with van der Waals surface area (Å²) < 4.78 is 2.09. The number of hydrogen-bond donors (Lipinski definition) is 2. The van der Waals surface area contributed by atoms with Crippen molar-refractivity contribution in [2.24, 2.45) is 11.7 Å². The molecule has 8 nitrogen and oxygen atoms in total. The number of rotatable bonds is 15. The molecule has 2 amide bonds. The molecule has 0 aliphatic carbocycles. The second-order valence-electron chi connectivity index (χ2n) is 11.2. The van der Waals surface area contributed by atoms with Crippen molar-refractivity contribution in [2.75, 3.05) is 13.1 Å². The van der Waals surface area contributed by atoms with Crippen LogP contribution in [-0.4, -0.2) is 56.7 Å². The van der Waals surface area contributed by atoms with Crippen LogP contribution in [0.5, 0.6) is 0 Å². The van der Waals surface area contributed by atoms with Gasteiger partial charge in [-0.1, -0.05) is 71.0 Å². The summed E-state index contributed by atoms with van der Waals surface area (Å²) >= 11 is 0. The molecule has 0 radical (unpaired) electrons. The summed E-state index contributed by atoms with van der Waals surface area (Å²) in [7, 11) is 0. The summed E-state index contributed by atoms with van der Waals surface area (Å²) in [4.78, 5) is 28.5. The van der Waals surface area contributed by atoms with Gasteiger partial charge in [-0.05, 0) is 55.4 Å². The molecule has 3 rings (SSSR count). The highest BCUT2D eigenvalue weighted by Gasteiger charge is 2.26. The lowest BCUT2D eigenvalue weighted by molar-refractivity contribution is 0.0755. The van der Waals surface area contributed by atoms with Crippen LogP contribution in [0, 0.1) is 5.92 Å². The molecule has 1 aromatic heterocycles. The Morgan fingerprint density at radius 3 is 2.30 bits per heavy atom. The van der Waals surface area contributed by atoms with Gasteiger partial charge in [0.2, 0.25) is 0 Å². The molecule has 40 heavy (non-hydrogen) atoms. The van der Waals surface area contributed by atoms with Crippen molar-refractivity contribution in [1.29, 1.82) is 0 Å². The van der Waals surface area contributed by atoms with Crippen LogP contribution in [0.4, 0.5) is 0 Å². The van der Waals surface area contributed by atoms with Gasteiger partial charge in [-0.25, -0.2) is 0 Å². The van der Waals surface area contributed by atoms with Crippen LogP contribution in [0.2, 0.25) is 0 Å². The summed E-state index contributed by atoms with van der Waals surface area (Å²) in [5.41, 5.74) is 8.87. The second kappa shape index (κ2) is 15.3. The first-order chi connectivity index (χ1) is 19.2. The van der Waals surface area contributed by atoms with Gasteiger partial charge in [0.1, 0.15) is 12.2 Å². The Labute approximate surface area is 239 Å². The normalized spacial score (nSPS) is 13.6. The molecule has 0 fully saturated rings. The second-order valence-corrected chi connectivity index (χ2v) is 11.2. The first-order valence-corrected chi connectivity index (χ1v) is 14.6. The monoisotopic (exact) mass is 546 g/mol. The number of nitrogens with zero attached hydrogens (tertiary/aromatic N) is 4. The lowest BCUT2D eigenvalue weighted by Crippen LogP contribution is -2.49. The van der Waals surface area contributed by atoms with E-state index in [4.69, 9.17) is 5.73 Å². The number of amides is 2. The molecule has 0 aliphatic heterocycles. The first-order valence-electron chi connectivity index (χ1n) is 14.6. The van der Waals surface area contributed by atoms with Crippen LogP contribution in [0.3, 0.4) is 0 Å². The topological polar surface area (TPSA) is 106 Å². The zero-order chi connectivity index (χ0) is 29.1. The molecule has 216 valence electrons. The molecule has 1 heterocycles. The van der Waals surface area contributed by atoms with Gasteiger partial charge < -0.3 is 20.5 Å². The van der Waals surface area contributed by atoms with Crippen molar-refractivity contribution in [2.45, 2.75) is 84.8 Å². The van der Waals surface area contributed by atoms with Gasteiger partial charge >= 0.3 is 0 Å². The Morgan fingerprint density at radius 1 is 0.975 bits per heavy atom. The average molecular weight is 547 g/mol. The van der Waals surface area contributed by atoms with E-state index in [0.717, 1.165) is 30.8 Å². The third-order valence-corrected chi connectivity index (χ3v) is 7.05. The molecular weight excluding hydrogens is 500 g/mol. The largest absolute Gasteiger partial charge is 0.347 e. The number of carbonyl (C=O) groups excluding carboxylic acids is 2. The van der Waals surface area contributed by atoms with Crippen LogP contribution in [0.1, 0.15) is 91.9 Å². The van der Waals surface area contributed by atoms with Crippen LogP contribution in [0.15, 0.2) is 60.9 Å². The fourth-order valence-electron chi connectivity index (χ4n) is 5.12. The highest BCUT2D eigenvalue weighted by Crippen LogP contribution is 2.21. The third-order valence-electron chi connectivity index (χ3n) is 7.05.